The molecule has 1 fully saturated rings. The van der Waals surface area contributed by atoms with Gasteiger partial charge in [-0.15, -0.1) is 0 Å². The molecule has 0 radical (unpaired) electrons. The molecule has 2 aromatic rings. The van der Waals surface area contributed by atoms with Gasteiger partial charge in [0.05, 0.1) is 11.1 Å². The first-order valence-corrected chi connectivity index (χ1v) is 10.3. The van der Waals surface area contributed by atoms with Gasteiger partial charge in [-0.25, -0.2) is 4.98 Å². The Labute approximate surface area is 169 Å². The number of allylic oxidation sites excluding steroid dienone is 2. The van der Waals surface area contributed by atoms with Crippen molar-refractivity contribution in [3.8, 4) is 0 Å². The van der Waals surface area contributed by atoms with E-state index >= 15 is 0 Å². The van der Waals surface area contributed by atoms with E-state index < -0.39 is 0 Å². The Morgan fingerprint density at radius 2 is 2.14 bits per heavy atom. The van der Waals surface area contributed by atoms with Crippen LogP contribution in [0, 0.1) is 5.92 Å². The summed E-state index contributed by atoms with van der Waals surface area (Å²) in [6.07, 6.45) is 8.68. The molecule has 0 spiro atoms. The zero-order valence-corrected chi connectivity index (χ0v) is 17.2. The number of aromatic nitrogens is 2. The molecule has 1 unspecified atom stereocenters. The van der Waals surface area contributed by atoms with Crippen LogP contribution in [-0.4, -0.2) is 27.8 Å². The van der Waals surface area contributed by atoms with E-state index in [9.17, 15) is 9.59 Å². The van der Waals surface area contributed by atoms with E-state index in [1.807, 2.05) is 19.2 Å². The number of pyridine rings is 2. The summed E-state index contributed by atoms with van der Waals surface area (Å²) in [5.41, 5.74) is 3.00. The second-order valence-corrected chi connectivity index (χ2v) is 7.93. The first-order valence-electron chi connectivity index (χ1n) is 10.3. The lowest BCUT2D eigenvalue weighted by atomic mass is 10.0. The van der Waals surface area contributed by atoms with Crippen LogP contribution in [0.5, 0.6) is 0 Å². The Morgan fingerprint density at radius 3 is 2.83 bits per heavy atom. The highest BCUT2D eigenvalue weighted by Crippen LogP contribution is 2.30. The molecule has 0 bridgehead atoms. The van der Waals surface area contributed by atoms with E-state index in [1.165, 1.54) is 0 Å². The molecule has 29 heavy (non-hydrogen) atoms. The molecule has 2 aliphatic rings. The van der Waals surface area contributed by atoms with Crippen molar-refractivity contribution in [2.45, 2.75) is 52.1 Å². The van der Waals surface area contributed by atoms with Crippen LogP contribution >= 0.6 is 0 Å². The maximum Gasteiger partial charge on any atom is 0.258 e. The summed E-state index contributed by atoms with van der Waals surface area (Å²) < 4.78 is 1.61. The van der Waals surface area contributed by atoms with Gasteiger partial charge in [0.2, 0.25) is 5.91 Å². The predicted octanol–water partition coefficient (Wildman–Crippen LogP) is 3.20. The molecule has 0 aromatic carbocycles. The first kappa shape index (κ1) is 19.4. The van der Waals surface area contributed by atoms with Crippen molar-refractivity contribution in [2.75, 3.05) is 5.32 Å². The van der Waals surface area contributed by atoms with E-state index in [2.05, 4.69) is 27.5 Å². The second-order valence-electron chi connectivity index (χ2n) is 7.93. The van der Waals surface area contributed by atoms with Gasteiger partial charge in [-0.2, -0.15) is 0 Å². The third kappa shape index (κ3) is 3.95. The van der Waals surface area contributed by atoms with Crippen LogP contribution in [0.15, 0.2) is 33.8 Å². The summed E-state index contributed by atoms with van der Waals surface area (Å²) in [5.74, 6) is 0.585. The van der Waals surface area contributed by atoms with Gasteiger partial charge in [-0.1, -0.05) is 13.3 Å². The average molecular weight is 393 g/mol. The molecule has 7 nitrogen and oxygen atoms in total. The molecular weight excluding hydrogens is 366 g/mol. The first-order chi connectivity index (χ1) is 14.0. The fourth-order valence-electron chi connectivity index (χ4n) is 3.64. The smallest absolute Gasteiger partial charge is 0.258 e. The molecule has 152 valence electrons. The van der Waals surface area contributed by atoms with Crippen LogP contribution in [0.2, 0.25) is 0 Å². The van der Waals surface area contributed by atoms with Gasteiger partial charge in [-0.3, -0.25) is 14.6 Å². The lowest BCUT2D eigenvalue weighted by Crippen LogP contribution is -2.31. The Kier molecular flexibility index (Phi) is 5.22. The van der Waals surface area contributed by atoms with Gasteiger partial charge >= 0.3 is 0 Å². The van der Waals surface area contributed by atoms with Crippen molar-refractivity contribution in [3.05, 3.63) is 39.9 Å². The number of carbonyl (C=O) groups is 1. The number of rotatable bonds is 6. The van der Waals surface area contributed by atoms with Gasteiger partial charge < -0.3 is 15.2 Å². The second kappa shape index (κ2) is 7.81. The van der Waals surface area contributed by atoms with Crippen LogP contribution in [-0.2, 0) is 11.8 Å². The van der Waals surface area contributed by atoms with Crippen molar-refractivity contribution < 1.29 is 4.79 Å². The number of anilines is 1. The zero-order chi connectivity index (χ0) is 20.5. The highest BCUT2D eigenvalue weighted by atomic mass is 16.2. The lowest BCUT2D eigenvalue weighted by molar-refractivity contribution is -0.117. The van der Waals surface area contributed by atoms with Gasteiger partial charge in [0.15, 0.2) is 0 Å². The van der Waals surface area contributed by atoms with Crippen molar-refractivity contribution in [2.24, 2.45) is 18.0 Å². The highest BCUT2D eigenvalue weighted by Gasteiger charge is 2.29. The van der Waals surface area contributed by atoms with Gasteiger partial charge in [0.1, 0.15) is 12.0 Å². The third-order valence-electron chi connectivity index (χ3n) is 5.60. The standard InChI is InChI=1S/C22H27N5O2/c1-4-5-6-19-24-12-17(13(2)25-19)16-9-15-11-23-20(26-21(28)14-7-8-14)10-18(15)27(3)22(16)29/h9-12,14,19,25H,4-8H2,1-3H3,(H,23,26,28). The van der Waals surface area contributed by atoms with Crippen molar-refractivity contribution in [1.82, 2.24) is 14.9 Å². The van der Waals surface area contributed by atoms with Crippen LogP contribution in [0.25, 0.3) is 16.5 Å². The molecule has 1 aliphatic heterocycles. The Hall–Kier alpha value is -2.96. The van der Waals surface area contributed by atoms with E-state index in [0.717, 1.165) is 54.3 Å². The molecule has 7 heteroatoms. The third-order valence-corrected chi connectivity index (χ3v) is 5.60. The number of nitrogens with zero attached hydrogens (tertiary/aromatic N) is 3. The number of unbranched alkanes of at least 4 members (excludes halogenated alkanes) is 1. The van der Waals surface area contributed by atoms with Crippen LogP contribution in [0.1, 0.15) is 51.5 Å². The molecule has 1 saturated carbocycles. The number of carbonyl (C=O) groups excluding carboxylic acids is 1. The topological polar surface area (TPSA) is 88.4 Å². The van der Waals surface area contributed by atoms with E-state index in [1.54, 1.807) is 23.9 Å². The van der Waals surface area contributed by atoms with E-state index in [-0.39, 0.29) is 23.6 Å². The molecule has 0 saturated heterocycles. The zero-order valence-electron chi connectivity index (χ0n) is 17.2. The lowest BCUT2D eigenvalue weighted by Gasteiger charge is -2.23. The van der Waals surface area contributed by atoms with Gasteiger partial charge in [-0.05, 0) is 38.7 Å². The molecule has 4 rings (SSSR count). The summed E-state index contributed by atoms with van der Waals surface area (Å²) >= 11 is 0. The number of fused-ring (bicyclic) bond motifs is 1. The summed E-state index contributed by atoms with van der Waals surface area (Å²) in [6.45, 7) is 4.15. The number of amides is 1. The highest BCUT2D eigenvalue weighted by molar-refractivity contribution is 6.12. The van der Waals surface area contributed by atoms with Crippen LogP contribution in [0.3, 0.4) is 0 Å². The number of hydrogen-bond donors (Lipinski definition) is 2. The summed E-state index contributed by atoms with van der Waals surface area (Å²) in [7, 11) is 1.74. The van der Waals surface area contributed by atoms with Crippen LogP contribution in [0.4, 0.5) is 5.82 Å². The minimum absolute atomic E-state index is 0.00127. The van der Waals surface area contributed by atoms with Crippen molar-refractivity contribution in [1.29, 1.82) is 0 Å². The Bertz CT molecular complexity index is 1080. The van der Waals surface area contributed by atoms with Gasteiger partial charge in [0, 0.05) is 48.1 Å². The fourth-order valence-corrected chi connectivity index (χ4v) is 3.64. The summed E-state index contributed by atoms with van der Waals surface area (Å²) in [4.78, 5) is 34.0. The summed E-state index contributed by atoms with van der Waals surface area (Å²) in [6, 6.07) is 3.62. The van der Waals surface area contributed by atoms with E-state index in [4.69, 9.17) is 0 Å². The average Bonchev–Trinajstić information content (AvgIpc) is 3.55. The normalized spacial score (nSPS) is 18.8. The minimum atomic E-state index is -0.0993. The predicted molar refractivity (Wildman–Crippen MR) is 116 cm³/mol. The SMILES string of the molecule is CCCCC1N=CC(c2cc3cnc(NC(=O)C4CC4)cc3n(C)c2=O)=C(C)N1. The van der Waals surface area contributed by atoms with E-state index in [0.29, 0.717) is 11.4 Å². The summed E-state index contributed by atoms with van der Waals surface area (Å²) in [5, 5.41) is 7.10. The number of aryl methyl sites for hydroxylation is 1. The van der Waals surface area contributed by atoms with Crippen LogP contribution < -0.4 is 16.2 Å². The maximum absolute atomic E-state index is 13.1. The number of hydrogen-bond acceptors (Lipinski definition) is 5. The monoisotopic (exact) mass is 393 g/mol. The fraction of sp³-hybridized carbons (Fsp3) is 0.455. The molecule has 1 amide bonds. The maximum atomic E-state index is 13.1. The van der Waals surface area contributed by atoms with Crippen molar-refractivity contribution >= 4 is 34.4 Å². The van der Waals surface area contributed by atoms with Gasteiger partial charge in [0.25, 0.3) is 5.56 Å². The molecule has 1 atom stereocenters. The molecule has 2 aromatic heterocycles. The molecular formula is C22H27N5O2. The molecule has 1 aliphatic carbocycles. The minimum Gasteiger partial charge on any atom is -0.367 e. The Balaban J connectivity index is 1.66. The quantitative estimate of drug-likeness (QED) is 0.789. The number of nitrogens with one attached hydrogen (secondary N) is 2. The molecule has 3 heterocycles. The number of aliphatic imine (C=N–C) groups is 1. The Morgan fingerprint density at radius 1 is 1.34 bits per heavy atom. The largest absolute Gasteiger partial charge is 0.367 e. The molecule has 2 N–H and O–H groups in total. The van der Waals surface area contributed by atoms with Crippen molar-refractivity contribution in [3.63, 3.8) is 0 Å².